The SMILES string of the molecule is O=C1C2C(c3cccc(OC(F)(F)F)c3)NC(Cc3c[nH]c4ccccc34)(C(=O)O)C2C(=O)N1C/C=C\c1ccccc1. The van der Waals surface area contributed by atoms with Crippen LogP contribution >= 0.6 is 0 Å². The van der Waals surface area contributed by atoms with Crippen molar-refractivity contribution >= 4 is 34.8 Å². The van der Waals surface area contributed by atoms with Crippen LogP contribution < -0.4 is 10.1 Å². The number of alkyl halides is 3. The van der Waals surface area contributed by atoms with Crippen LogP contribution in [0, 0.1) is 11.8 Å². The number of rotatable bonds is 8. The fourth-order valence-electron chi connectivity index (χ4n) is 6.31. The van der Waals surface area contributed by atoms with Crippen LogP contribution in [0.1, 0.15) is 22.7 Å². The molecule has 11 heteroatoms. The van der Waals surface area contributed by atoms with Gasteiger partial charge in [-0.15, -0.1) is 13.2 Å². The number of carboxylic acid groups (broad SMARTS) is 1. The zero-order chi connectivity index (χ0) is 30.4. The molecule has 4 atom stereocenters. The van der Waals surface area contributed by atoms with E-state index in [1.165, 1.54) is 12.1 Å². The number of aliphatic carboxylic acids is 1. The largest absolute Gasteiger partial charge is 0.573 e. The predicted molar refractivity (Wildman–Crippen MR) is 151 cm³/mol. The van der Waals surface area contributed by atoms with Gasteiger partial charge in [0.05, 0.1) is 11.8 Å². The Morgan fingerprint density at radius 1 is 1.00 bits per heavy atom. The number of hydrogen-bond acceptors (Lipinski definition) is 5. The monoisotopic (exact) mass is 589 g/mol. The molecule has 2 fully saturated rings. The Kier molecular flexibility index (Phi) is 7.05. The van der Waals surface area contributed by atoms with Gasteiger partial charge in [-0.1, -0.05) is 72.8 Å². The van der Waals surface area contributed by atoms with Crippen LogP contribution in [0.2, 0.25) is 0 Å². The molecule has 0 bridgehead atoms. The molecule has 3 N–H and O–H groups in total. The van der Waals surface area contributed by atoms with E-state index in [0.29, 0.717) is 5.56 Å². The topological polar surface area (TPSA) is 112 Å². The standard InChI is InChI=1S/C32H26F3N3O5/c33-32(34,35)43-22-12-6-11-20(16-22)27-25-26(29(40)38(28(25)39)15-7-10-19-8-2-1-3-9-19)31(37-27,30(41)42)17-21-18-36-24-14-5-4-13-23(21)24/h1-14,16,18,25-27,36-37H,15,17H2,(H,41,42)/b10-7-. The summed E-state index contributed by atoms with van der Waals surface area (Å²) in [4.78, 5) is 45.2. The van der Waals surface area contributed by atoms with Crippen molar-refractivity contribution in [3.63, 3.8) is 0 Å². The van der Waals surface area contributed by atoms with Crippen LogP contribution in [0.3, 0.4) is 0 Å². The number of carbonyl (C=O) groups is 3. The average Bonchev–Trinajstić information content (AvgIpc) is 3.61. The number of halogens is 3. The van der Waals surface area contributed by atoms with Crippen molar-refractivity contribution in [2.24, 2.45) is 11.8 Å². The number of fused-ring (bicyclic) bond motifs is 2. The number of nitrogens with one attached hydrogen (secondary N) is 2. The molecular formula is C32H26F3N3O5. The molecule has 4 aromatic rings. The number of amides is 2. The Balaban J connectivity index is 1.41. The van der Waals surface area contributed by atoms with Gasteiger partial charge >= 0.3 is 12.3 Å². The summed E-state index contributed by atoms with van der Waals surface area (Å²) < 4.78 is 43.1. The van der Waals surface area contributed by atoms with E-state index in [0.717, 1.165) is 33.5 Å². The van der Waals surface area contributed by atoms with Crippen molar-refractivity contribution in [2.45, 2.75) is 24.4 Å². The van der Waals surface area contributed by atoms with Crippen LogP contribution in [0.4, 0.5) is 13.2 Å². The summed E-state index contributed by atoms with van der Waals surface area (Å²) >= 11 is 0. The predicted octanol–water partition coefficient (Wildman–Crippen LogP) is 5.09. The zero-order valence-electron chi connectivity index (χ0n) is 22.5. The molecule has 0 radical (unpaired) electrons. The first-order valence-corrected chi connectivity index (χ1v) is 13.6. The van der Waals surface area contributed by atoms with Gasteiger partial charge in [-0.2, -0.15) is 0 Å². The number of benzene rings is 3. The molecule has 0 aliphatic carbocycles. The third-order valence-corrected chi connectivity index (χ3v) is 8.12. The van der Waals surface area contributed by atoms with Gasteiger partial charge in [0.15, 0.2) is 0 Å². The average molecular weight is 590 g/mol. The summed E-state index contributed by atoms with van der Waals surface area (Å²) in [7, 11) is 0. The second kappa shape index (κ2) is 10.7. The van der Waals surface area contributed by atoms with Gasteiger partial charge in [-0.05, 0) is 34.9 Å². The van der Waals surface area contributed by atoms with Gasteiger partial charge in [-0.3, -0.25) is 24.6 Å². The molecule has 0 saturated carbocycles. The first-order valence-electron chi connectivity index (χ1n) is 13.6. The molecular weight excluding hydrogens is 563 g/mol. The van der Waals surface area contributed by atoms with Crippen molar-refractivity contribution in [1.82, 2.24) is 15.2 Å². The lowest BCUT2D eigenvalue weighted by atomic mass is 9.76. The minimum absolute atomic E-state index is 0.0910. The lowest BCUT2D eigenvalue weighted by molar-refractivity contribution is -0.274. The zero-order valence-corrected chi connectivity index (χ0v) is 22.5. The minimum Gasteiger partial charge on any atom is -0.480 e. The number of nitrogens with zero attached hydrogens (tertiary/aromatic N) is 1. The van der Waals surface area contributed by atoms with E-state index in [4.69, 9.17) is 0 Å². The maximum absolute atomic E-state index is 14.0. The van der Waals surface area contributed by atoms with E-state index >= 15 is 0 Å². The van der Waals surface area contributed by atoms with Gasteiger partial charge in [-0.25, -0.2) is 0 Å². The highest BCUT2D eigenvalue weighted by Gasteiger charge is 2.68. The van der Waals surface area contributed by atoms with E-state index in [-0.39, 0.29) is 18.5 Å². The second-order valence-corrected chi connectivity index (χ2v) is 10.7. The maximum Gasteiger partial charge on any atom is 0.573 e. The van der Waals surface area contributed by atoms with Gasteiger partial charge in [0.1, 0.15) is 11.3 Å². The Morgan fingerprint density at radius 2 is 1.74 bits per heavy atom. The van der Waals surface area contributed by atoms with Crippen LogP contribution in [0.5, 0.6) is 5.75 Å². The molecule has 3 aromatic carbocycles. The van der Waals surface area contributed by atoms with Crippen molar-refractivity contribution in [3.05, 3.63) is 108 Å². The van der Waals surface area contributed by atoms with E-state index in [1.54, 1.807) is 24.4 Å². The quantitative estimate of drug-likeness (QED) is 0.247. The van der Waals surface area contributed by atoms with Crippen molar-refractivity contribution in [1.29, 1.82) is 0 Å². The molecule has 4 unspecified atom stereocenters. The summed E-state index contributed by atoms with van der Waals surface area (Å²) in [6.45, 7) is -0.0910. The Hall–Kier alpha value is -4.90. The first-order chi connectivity index (χ1) is 20.6. The van der Waals surface area contributed by atoms with Crippen molar-refractivity contribution in [2.75, 3.05) is 6.54 Å². The van der Waals surface area contributed by atoms with Gasteiger partial charge in [0, 0.05) is 36.1 Å². The summed E-state index contributed by atoms with van der Waals surface area (Å²) in [5.41, 5.74) is 0.485. The van der Waals surface area contributed by atoms with Crippen LogP contribution in [-0.2, 0) is 20.8 Å². The number of H-pyrrole nitrogens is 1. The normalized spacial score (nSPS) is 23.8. The van der Waals surface area contributed by atoms with Crippen LogP contribution in [0.25, 0.3) is 17.0 Å². The number of likely N-dealkylation sites (tertiary alicyclic amines) is 1. The van der Waals surface area contributed by atoms with Gasteiger partial charge in [0.25, 0.3) is 0 Å². The minimum atomic E-state index is -4.95. The highest BCUT2D eigenvalue weighted by atomic mass is 19.4. The van der Waals surface area contributed by atoms with E-state index in [1.807, 2.05) is 48.5 Å². The molecule has 43 heavy (non-hydrogen) atoms. The van der Waals surface area contributed by atoms with Crippen molar-refractivity contribution < 1.29 is 37.4 Å². The maximum atomic E-state index is 14.0. The highest BCUT2D eigenvalue weighted by molar-refractivity contribution is 6.09. The molecule has 8 nitrogen and oxygen atoms in total. The fraction of sp³-hybridized carbons (Fsp3) is 0.219. The summed E-state index contributed by atoms with van der Waals surface area (Å²) in [5, 5.41) is 14.5. The van der Waals surface area contributed by atoms with Crippen LogP contribution in [0.15, 0.2) is 91.1 Å². The highest BCUT2D eigenvalue weighted by Crippen LogP contribution is 2.50. The Labute approximate surface area is 243 Å². The third-order valence-electron chi connectivity index (χ3n) is 8.12. The fourth-order valence-corrected chi connectivity index (χ4v) is 6.31. The Bertz CT molecular complexity index is 1730. The molecule has 2 saturated heterocycles. The summed E-state index contributed by atoms with van der Waals surface area (Å²) in [6.07, 6.45) is -0.0487. The number of carbonyl (C=O) groups excluding carboxylic acids is 2. The number of aromatic amines is 1. The van der Waals surface area contributed by atoms with Gasteiger partial charge in [0.2, 0.25) is 11.8 Å². The number of hydrogen-bond donors (Lipinski definition) is 3. The number of para-hydroxylation sites is 1. The third kappa shape index (κ3) is 5.16. The molecule has 2 aliphatic heterocycles. The number of imide groups is 1. The second-order valence-electron chi connectivity index (χ2n) is 10.7. The lowest BCUT2D eigenvalue weighted by Gasteiger charge is -2.31. The number of aromatic nitrogens is 1. The van der Waals surface area contributed by atoms with Gasteiger partial charge < -0.3 is 14.8 Å². The molecule has 2 aliphatic rings. The molecule has 3 heterocycles. The number of carboxylic acids is 1. The molecule has 0 spiro atoms. The summed E-state index contributed by atoms with van der Waals surface area (Å²) in [6, 6.07) is 20.5. The van der Waals surface area contributed by atoms with Crippen molar-refractivity contribution in [3.8, 4) is 5.75 Å². The van der Waals surface area contributed by atoms with E-state index in [2.05, 4.69) is 15.0 Å². The first kappa shape index (κ1) is 28.2. The number of ether oxygens (including phenoxy) is 1. The smallest absolute Gasteiger partial charge is 0.480 e. The summed E-state index contributed by atoms with van der Waals surface area (Å²) in [5.74, 6) is -5.64. The molecule has 1 aromatic heterocycles. The van der Waals surface area contributed by atoms with E-state index in [9.17, 15) is 32.7 Å². The molecule has 2 amide bonds. The lowest BCUT2D eigenvalue weighted by Crippen LogP contribution is -2.57. The Morgan fingerprint density at radius 3 is 2.49 bits per heavy atom. The van der Waals surface area contributed by atoms with Crippen LogP contribution in [-0.4, -0.2) is 51.2 Å². The molecule has 220 valence electrons. The molecule has 6 rings (SSSR count). The van der Waals surface area contributed by atoms with E-state index < -0.39 is 53.3 Å².